The Hall–Kier alpha value is -3.81. The molecule has 0 unspecified atom stereocenters. The fraction of sp³-hybridized carbons (Fsp3) is 0.105. The summed E-state index contributed by atoms with van der Waals surface area (Å²) >= 11 is 0. The SMILES string of the molecule is COc1ccc2[nH]c(C(=O)Nc3ccc(/C(C)=N\N=C(N)N)cc3)cc2c1. The normalized spacial score (nSPS) is 11.3. The minimum absolute atomic E-state index is 0.103. The largest absolute Gasteiger partial charge is 0.497 e. The van der Waals surface area contributed by atoms with Gasteiger partial charge in [-0.1, -0.05) is 12.1 Å². The Morgan fingerprint density at radius 2 is 1.81 bits per heavy atom. The summed E-state index contributed by atoms with van der Waals surface area (Å²) in [6.07, 6.45) is 0. The molecule has 2 aromatic carbocycles. The Morgan fingerprint density at radius 1 is 1.07 bits per heavy atom. The van der Waals surface area contributed by atoms with E-state index in [1.807, 2.05) is 30.3 Å². The predicted octanol–water partition coefficient (Wildman–Crippen LogP) is 2.43. The highest BCUT2D eigenvalue weighted by Gasteiger charge is 2.10. The fourth-order valence-electron chi connectivity index (χ4n) is 2.54. The number of nitrogens with two attached hydrogens (primary N) is 2. The molecule has 0 aliphatic rings. The van der Waals surface area contributed by atoms with E-state index in [-0.39, 0.29) is 11.9 Å². The Kier molecular flexibility index (Phi) is 5.07. The van der Waals surface area contributed by atoms with Crippen molar-refractivity contribution in [2.75, 3.05) is 12.4 Å². The van der Waals surface area contributed by atoms with E-state index in [0.29, 0.717) is 17.1 Å². The third kappa shape index (κ3) is 4.24. The molecule has 0 fully saturated rings. The number of anilines is 1. The number of rotatable bonds is 5. The van der Waals surface area contributed by atoms with Crippen LogP contribution in [0.25, 0.3) is 10.9 Å². The maximum Gasteiger partial charge on any atom is 0.272 e. The number of benzene rings is 2. The van der Waals surface area contributed by atoms with Gasteiger partial charge < -0.3 is 26.5 Å². The molecule has 1 heterocycles. The van der Waals surface area contributed by atoms with Crippen LogP contribution in [-0.4, -0.2) is 29.7 Å². The molecule has 0 radical (unpaired) electrons. The van der Waals surface area contributed by atoms with Gasteiger partial charge in [-0.2, -0.15) is 5.10 Å². The number of nitrogens with zero attached hydrogens (tertiary/aromatic N) is 2. The molecule has 0 aliphatic heterocycles. The minimum Gasteiger partial charge on any atom is -0.497 e. The molecule has 0 atom stereocenters. The summed E-state index contributed by atoms with van der Waals surface area (Å²) in [7, 11) is 1.61. The second-order valence-electron chi connectivity index (χ2n) is 5.88. The van der Waals surface area contributed by atoms with E-state index in [1.165, 1.54) is 0 Å². The molecule has 8 heteroatoms. The Balaban J connectivity index is 1.74. The van der Waals surface area contributed by atoms with E-state index >= 15 is 0 Å². The number of aromatic amines is 1. The van der Waals surface area contributed by atoms with Crippen molar-refractivity contribution in [3.05, 3.63) is 59.8 Å². The fourth-order valence-corrected chi connectivity index (χ4v) is 2.54. The number of nitrogens with one attached hydrogen (secondary N) is 2. The number of methoxy groups -OCH3 is 1. The molecule has 0 saturated carbocycles. The molecule has 27 heavy (non-hydrogen) atoms. The van der Waals surface area contributed by atoms with Crippen molar-refractivity contribution in [3.63, 3.8) is 0 Å². The molecule has 0 aliphatic carbocycles. The molecular formula is C19H20N6O2. The number of ether oxygens (including phenoxy) is 1. The highest BCUT2D eigenvalue weighted by Crippen LogP contribution is 2.22. The van der Waals surface area contributed by atoms with Crippen molar-refractivity contribution < 1.29 is 9.53 Å². The van der Waals surface area contributed by atoms with Gasteiger partial charge in [-0.15, -0.1) is 5.10 Å². The third-order valence-corrected chi connectivity index (χ3v) is 3.95. The predicted molar refractivity (Wildman–Crippen MR) is 107 cm³/mol. The van der Waals surface area contributed by atoms with E-state index in [1.54, 1.807) is 32.2 Å². The first kappa shape index (κ1) is 18.0. The number of hydrogen-bond donors (Lipinski definition) is 4. The van der Waals surface area contributed by atoms with Gasteiger partial charge in [-0.05, 0) is 48.9 Å². The number of guanidine groups is 1. The van der Waals surface area contributed by atoms with E-state index < -0.39 is 0 Å². The highest BCUT2D eigenvalue weighted by molar-refractivity contribution is 6.06. The average Bonchev–Trinajstić information content (AvgIpc) is 3.10. The molecular weight excluding hydrogens is 344 g/mol. The van der Waals surface area contributed by atoms with Gasteiger partial charge in [-0.25, -0.2) is 0 Å². The Labute approximate surface area is 155 Å². The zero-order chi connectivity index (χ0) is 19.4. The zero-order valence-corrected chi connectivity index (χ0v) is 15.0. The smallest absolute Gasteiger partial charge is 0.272 e. The molecule has 3 aromatic rings. The lowest BCUT2D eigenvalue weighted by Gasteiger charge is -2.05. The number of amides is 1. The molecule has 0 spiro atoms. The van der Waals surface area contributed by atoms with Crippen molar-refractivity contribution >= 4 is 34.2 Å². The first-order chi connectivity index (χ1) is 13.0. The van der Waals surface area contributed by atoms with E-state index in [4.69, 9.17) is 16.2 Å². The number of hydrogen-bond acceptors (Lipinski definition) is 4. The quantitative estimate of drug-likeness (QED) is 0.314. The summed E-state index contributed by atoms with van der Waals surface area (Å²) < 4.78 is 5.20. The second kappa shape index (κ2) is 7.61. The van der Waals surface area contributed by atoms with Gasteiger partial charge in [0.2, 0.25) is 5.96 Å². The van der Waals surface area contributed by atoms with Crippen molar-refractivity contribution in [2.24, 2.45) is 21.7 Å². The van der Waals surface area contributed by atoms with Crippen LogP contribution in [0.2, 0.25) is 0 Å². The van der Waals surface area contributed by atoms with Crippen LogP contribution in [0.5, 0.6) is 5.75 Å². The average molecular weight is 364 g/mol. The summed E-state index contributed by atoms with van der Waals surface area (Å²) in [6.45, 7) is 1.79. The van der Waals surface area contributed by atoms with Crippen LogP contribution in [0.4, 0.5) is 5.69 Å². The van der Waals surface area contributed by atoms with Crippen LogP contribution in [0.1, 0.15) is 23.0 Å². The number of H-pyrrole nitrogens is 1. The van der Waals surface area contributed by atoms with Crippen LogP contribution in [-0.2, 0) is 0 Å². The summed E-state index contributed by atoms with van der Waals surface area (Å²) in [5, 5.41) is 11.3. The van der Waals surface area contributed by atoms with Gasteiger partial charge >= 0.3 is 0 Å². The van der Waals surface area contributed by atoms with Crippen molar-refractivity contribution in [1.29, 1.82) is 0 Å². The van der Waals surface area contributed by atoms with Gasteiger partial charge in [0.25, 0.3) is 5.91 Å². The van der Waals surface area contributed by atoms with Crippen LogP contribution >= 0.6 is 0 Å². The van der Waals surface area contributed by atoms with Crippen molar-refractivity contribution in [2.45, 2.75) is 6.92 Å². The van der Waals surface area contributed by atoms with E-state index in [0.717, 1.165) is 22.2 Å². The number of aromatic nitrogens is 1. The maximum atomic E-state index is 12.5. The monoisotopic (exact) mass is 364 g/mol. The number of carbonyl (C=O) groups excluding carboxylic acids is 1. The highest BCUT2D eigenvalue weighted by atomic mass is 16.5. The van der Waals surface area contributed by atoms with Crippen molar-refractivity contribution in [1.82, 2.24) is 4.98 Å². The minimum atomic E-state index is -0.233. The van der Waals surface area contributed by atoms with Crippen LogP contribution in [0, 0.1) is 0 Å². The summed E-state index contributed by atoms with van der Waals surface area (Å²) in [6, 6.07) is 14.6. The zero-order valence-electron chi connectivity index (χ0n) is 15.0. The van der Waals surface area contributed by atoms with Gasteiger partial charge in [0.05, 0.1) is 12.8 Å². The molecule has 1 aromatic heterocycles. The number of fused-ring (bicyclic) bond motifs is 1. The number of carbonyl (C=O) groups is 1. The molecule has 0 saturated heterocycles. The van der Waals surface area contributed by atoms with Crippen LogP contribution in [0.3, 0.4) is 0 Å². The molecule has 138 valence electrons. The Morgan fingerprint density at radius 3 is 2.48 bits per heavy atom. The first-order valence-corrected chi connectivity index (χ1v) is 8.18. The summed E-state index contributed by atoms with van der Waals surface area (Å²) in [4.78, 5) is 15.6. The molecule has 8 nitrogen and oxygen atoms in total. The lowest BCUT2D eigenvalue weighted by molar-refractivity contribution is 0.102. The second-order valence-corrected chi connectivity index (χ2v) is 5.88. The Bertz CT molecular complexity index is 1030. The van der Waals surface area contributed by atoms with Gasteiger partial charge in [0, 0.05) is 16.6 Å². The standard InChI is InChI=1S/C19H20N6O2/c1-11(24-25-19(20)21)12-3-5-14(6-4-12)22-18(26)17-10-13-9-15(27-2)7-8-16(13)23-17/h3-10,23H,1-2H3,(H,22,26)(H4,20,21,25)/b24-11-. The third-order valence-electron chi connectivity index (χ3n) is 3.95. The lowest BCUT2D eigenvalue weighted by atomic mass is 10.1. The summed E-state index contributed by atoms with van der Waals surface area (Å²) in [5.41, 5.74) is 14.0. The van der Waals surface area contributed by atoms with E-state index in [2.05, 4.69) is 20.5 Å². The van der Waals surface area contributed by atoms with Crippen molar-refractivity contribution in [3.8, 4) is 5.75 Å². The van der Waals surface area contributed by atoms with E-state index in [9.17, 15) is 4.79 Å². The molecule has 0 bridgehead atoms. The first-order valence-electron chi connectivity index (χ1n) is 8.18. The van der Waals surface area contributed by atoms with Gasteiger partial charge in [0.15, 0.2) is 0 Å². The summed E-state index contributed by atoms with van der Waals surface area (Å²) in [5.74, 6) is 0.403. The van der Waals surface area contributed by atoms with Crippen LogP contribution in [0.15, 0.2) is 58.7 Å². The lowest BCUT2D eigenvalue weighted by Crippen LogP contribution is -2.22. The molecule has 6 N–H and O–H groups in total. The maximum absolute atomic E-state index is 12.5. The van der Waals surface area contributed by atoms with Gasteiger partial charge in [-0.3, -0.25) is 4.79 Å². The molecule has 3 rings (SSSR count). The topological polar surface area (TPSA) is 131 Å². The van der Waals surface area contributed by atoms with Gasteiger partial charge in [0.1, 0.15) is 11.4 Å². The molecule has 1 amide bonds. The van der Waals surface area contributed by atoms with Crippen LogP contribution < -0.4 is 21.5 Å².